The SMILES string of the molecule is COc1ccc(C=NNC(C)=O)c(OC)c1OC. The lowest BCUT2D eigenvalue weighted by molar-refractivity contribution is -0.118. The van der Waals surface area contributed by atoms with Crippen molar-refractivity contribution in [1.82, 2.24) is 5.43 Å². The summed E-state index contributed by atoms with van der Waals surface area (Å²) in [7, 11) is 4.59. The number of carbonyl (C=O) groups excluding carboxylic acids is 1. The second-order valence-electron chi connectivity index (χ2n) is 3.35. The number of ether oxygens (including phenoxy) is 3. The van der Waals surface area contributed by atoms with Crippen LogP contribution in [0.3, 0.4) is 0 Å². The summed E-state index contributed by atoms with van der Waals surface area (Å²) in [6, 6.07) is 3.49. The largest absolute Gasteiger partial charge is 0.493 e. The van der Waals surface area contributed by atoms with E-state index in [4.69, 9.17) is 14.2 Å². The fourth-order valence-corrected chi connectivity index (χ4v) is 1.42. The third kappa shape index (κ3) is 3.13. The number of hydrogen-bond donors (Lipinski definition) is 1. The number of methoxy groups -OCH3 is 3. The number of amides is 1. The minimum atomic E-state index is -0.245. The van der Waals surface area contributed by atoms with Gasteiger partial charge in [0.25, 0.3) is 0 Å². The van der Waals surface area contributed by atoms with Crippen LogP contribution in [0.2, 0.25) is 0 Å². The van der Waals surface area contributed by atoms with Crippen molar-refractivity contribution in [3.05, 3.63) is 17.7 Å². The average Bonchev–Trinajstić information content (AvgIpc) is 2.37. The van der Waals surface area contributed by atoms with E-state index in [0.29, 0.717) is 22.8 Å². The maximum absolute atomic E-state index is 10.7. The van der Waals surface area contributed by atoms with Crippen LogP contribution in [-0.4, -0.2) is 33.5 Å². The van der Waals surface area contributed by atoms with Crippen molar-refractivity contribution < 1.29 is 19.0 Å². The third-order valence-corrected chi connectivity index (χ3v) is 2.16. The van der Waals surface area contributed by atoms with E-state index in [1.807, 2.05) is 0 Å². The predicted octanol–water partition coefficient (Wildman–Crippen LogP) is 1.18. The van der Waals surface area contributed by atoms with Crippen LogP contribution < -0.4 is 19.6 Å². The molecule has 1 aromatic carbocycles. The molecule has 0 bridgehead atoms. The fraction of sp³-hybridized carbons (Fsp3) is 0.333. The lowest BCUT2D eigenvalue weighted by atomic mass is 10.2. The van der Waals surface area contributed by atoms with Crippen LogP contribution in [0.25, 0.3) is 0 Å². The molecule has 0 saturated heterocycles. The minimum absolute atomic E-state index is 0.245. The average molecular weight is 252 g/mol. The van der Waals surface area contributed by atoms with Gasteiger partial charge in [0.2, 0.25) is 11.7 Å². The first kappa shape index (κ1) is 13.8. The standard InChI is InChI=1S/C12H16N2O4/c1-8(15)14-13-7-9-5-6-10(16-2)12(18-4)11(9)17-3/h5-7H,1-4H3,(H,14,15). The van der Waals surface area contributed by atoms with Crippen molar-refractivity contribution >= 4 is 12.1 Å². The maximum Gasteiger partial charge on any atom is 0.236 e. The van der Waals surface area contributed by atoms with Crippen molar-refractivity contribution in [3.8, 4) is 17.2 Å². The first-order valence-corrected chi connectivity index (χ1v) is 5.22. The molecule has 18 heavy (non-hydrogen) atoms. The van der Waals surface area contributed by atoms with Crippen LogP contribution in [0.5, 0.6) is 17.2 Å². The minimum Gasteiger partial charge on any atom is -0.493 e. The highest BCUT2D eigenvalue weighted by molar-refractivity contribution is 5.87. The molecule has 0 aliphatic rings. The van der Waals surface area contributed by atoms with Gasteiger partial charge >= 0.3 is 0 Å². The smallest absolute Gasteiger partial charge is 0.236 e. The topological polar surface area (TPSA) is 69.2 Å². The van der Waals surface area contributed by atoms with E-state index in [9.17, 15) is 4.79 Å². The molecule has 6 heteroatoms. The second-order valence-corrected chi connectivity index (χ2v) is 3.35. The molecular weight excluding hydrogens is 236 g/mol. The molecule has 0 saturated carbocycles. The van der Waals surface area contributed by atoms with Crippen molar-refractivity contribution in [2.24, 2.45) is 5.10 Å². The zero-order valence-electron chi connectivity index (χ0n) is 10.8. The van der Waals surface area contributed by atoms with Gasteiger partial charge in [-0.3, -0.25) is 4.79 Å². The van der Waals surface area contributed by atoms with Crippen molar-refractivity contribution in [3.63, 3.8) is 0 Å². The Kier molecular flexibility index (Phi) is 4.98. The highest BCUT2D eigenvalue weighted by Crippen LogP contribution is 2.38. The Morgan fingerprint density at radius 1 is 1.17 bits per heavy atom. The normalized spacial score (nSPS) is 10.2. The molecule has 0 aliphatic carbocycles. The zero-order valence-corrected chi connectivity index (χ0v) is 10.8. The van der Waals surface area contributed by atoms with Crippen LogP contribution in [0, 0.1) is 0 Å². The molecule has 6 nitrogen and oxygen atoms in total. The maximum atomic E-state index is 10.7. The van der Waals surface area contributed by atoms with E-state index in [2.05, 4.69) is 10.5 Å². The highest BCUT2D eigenvalue weighted by Gasteiger charge is 2.14. The molecule has 98 valence electrons. The van der Waals surface area contributed by atoms with Crippen LogP contribution in [0.4, 0.5) is 0 Å². The summed E-state index contributed by atoms with van der Waals surface area (Å²) in [5.41, 5.74) is 2.98. The number of carbonyl (C=O) groups is 1. The van der Waals surface area contributed by atoms with Crippen LogP contribution in [-0.2, 0) is 4.79 Å². The summed E-state index contributed by atoms with van der Waals surface area (Å²) >= 11 is 0. The predicted molar refractivity (Wildman–Crippen MR) is 67.5 cm³/mol. The monoisotopic (exact) mass is 252 g/mol. The quantitative estimate of drug-likeness (QED) is 0.631. The summed E-state index contributed by atoms with van der Waals surface area (Å²) < 4.78 is 15.6. The number of hydrazone groups is 1. The van der Waals surface area contributed by atoms with E-state index in [1.54, 1.807) is 19.2 Å². The number of nitrogens with one attached hydrogen (secondary N) is 1. The van der Waals surface area contributed by atoms with Crippen molar-refractivity contribution in [2.75, 3.05) is 21.3 Å². The molecule has 0 radical (unpaired) electrons. The summed E-state index contributed by atoms with van der Waals surface area (Å²) in [5, 5.41) is 3.78. The van der Waals surface area contributed by atoms with E-state index in [0.717, 1.165) is 0 Å². The molecule has 1 amide bonds. The first-order valence-electron chi connectivity index (χ1n) is 5.22. The first-order chi connectivity index (χ1) is 8.63. The lowest BCUT2D eigenvalue weighted by Crippen LogP contribution is -2.12. The molecule has 1 N–H and O–H groups in total. The van der Waals surface area contributed by atoms with Gasteiger partial charge in [0.1, 0.15) is 0 Å². The van der Waals surface area contributed by atoms with E-state index in [-0.39, 0.29) is 5.91 Å². The van der Waals surface area contributed by atoms with Crippen LogP contribution in [0.1, 0.15) is 12.5 Å². The molecule has 0 atom stereocenters. The van der Waals surface area contributed by atoms with Gasteiger partial charge in [0.05, 0.1) is 27.5 Å². The molecule has 0 aromatic heterocycles. The van der Waals surface area contributed by atoms with Gasteiger partial charge in [-0.1, -0.05) is 0 Å². The number of benzene rings is 1. The zero-order chi connectivity index (χ0) is 13.5. The Balaban J connectivity index is 3.12. The van der Waals surface area contributed by atoms with Crippen LogP contribution >= 0.6 is 0 Å². The van der Waals surface area contributed by atoms with Crippen molar-refractivity contribution in [2.45, 2.75) is 6.92 Å². The summed E-state index contributed by atoms with van der Waals surface area (Å²) in [5.74, 6) is 1.29. The van der Waals surface area contributed by atoms with Gasteiger partial charge in [0.15, 0.2) is 11.5 Å². The molecule has 1 rings (SSSR count). The molecule has 0 heterocycles. The number of rotatable bonds is 5. The molecular formula is C12H16N2O4. The Morgan fingerprint density at radius 2 is 1.83 bits per heavy atom. The van der Waals surface area contributed by atoms with Gasteiger partial charge in [-0.05, 0) is 12.1 Å². The summed E-state index contributed by atoms with van der Waals surface area (Å²) in [4.78, 5) is 10.7. The lowest BCUT2D eigenvalue weighted by Gasteiger charge is -2.13. The fourth-order valence-electron chi connectivity index (χ4n) is 1.42. The van der Waals surface area contributed by atoms with E-state index >= 15 is 0 Å². The van der Waals surface area contributed by atoms with Crippen LogP contribution in [0.15, 0.2) is 17.2 Å². The summed E-state index contributed by atoms with van der Waals surface area (Å²) in [6.45, 7) is 1.38. The van der Waals surface area contributed by atoms with Crippen molar-refractivity contribution in [1.29, 1.82) is 0 Å². The molecule has 0 fully saturated rings. The van der Waals surface area contributed by atoms with Gasteiger partial charge in [-0.2, -0.15) is 5.10 Å². The molecule has 1 aromatic rings. The second kappa shape index (κ2) is 6.48. The van der Waals surface area contributed by atoms with Gasteiger partial charge in [-0.15, -0.1) is 0 Å². The number of nitrogens with zero attached hydrogens (tertiary/aromatic N) is 1. The van der Waals surface area contributed by atoms with Gasteiger partial charge in [-0.25, -0.2) is 5.43 Å². The Morgan fingerprint density at radius 3 is 2.33 bits per heavy atom. The number of hydrogen-bond acceptors (Lipinski definition) is 5. The summed E-state index contributed by atoms with van der Waals surface area (Å²) in [6.07, 6.45) is 1.47. The van der Waals surface area contributed by atoms with E-state index in [1.165, 1.54) is 27.4 Å². The molecule has 0 spiro atoms. The highest BCUT2D eigenvalue weighted by atomic mass is 16.5. The Bertz CT molecular complexity index is 458. The Hall–Kier alpha value is -2.24. The molecule has 0 unspecified atom stereocenters. The van der Waals surface area contributed by atoms with Gasteiger partial charge < -0.3 is 14.2 Å². The Labute approximate surface area is 106 Å². The van der Waals surface area contributed by atoms with Gasteiger partial charge in [0, 0.05) is 12.5 Å². The van der Waals surface area contributed by atoms with E-state index < -0.39 is 0 Å². The molecule has 0 aliphatic heterocycles. The third-order valence-electron chi connectivity index (χ3n) is 2.16.